The van der Waals surface area contributed by atoms with Gasteiger partial charge in [0.2, 0.25) is 0 Å². The number of hydrogen-bond acceptors (Lipinski definition) is 4. The maximum Gasteiger partial charge on any atom is 0.341 e. The summed E-state index contributed by atoms with van der Waals surface area (Å²) in [6.07, 6.45) is 0. The van der Waals surface area contributed by atoms with Crippen LogP contribution in [0.15, 0.2) is 24.3 Å². The highest BCUT2D eigenvalue weighted by Gasteiger charge is 2.22. The van der Waals surface area contributed by atoms with Gasteiger partial charge in [-0.1, -0.05) is 0 Å². The second kappa shape index (κ2) is 7.12. The molecule has 1 N–H and O–H groups in total. The second-order valence-electron chi connectivity index (χ2n) is 4.88. The maximum absolute atomic E-state index is 14.1. The van der Waals surface area contributed by atoms with Crippen LogP contribution >= 0.6 is 22.6 Å². The van der Waals surface area contributed by atoms with Crippen molar-refractivity contribution < 1.29 is 18.7 Å². The monoisotopic (exact) mass is 430 g/mol. The first-order valence-electron chi connectivity index (χ1n) is 6.95. The lowest BCUT2D eigenvalue weighted by Crippen LogP contribution is -2.09. The topological polar surface area (TPSA) is 60.3 Å². The van der Waals surface area contributed by atoms with E-state index in [1.807, 2.05) is 22.6 Å². The molecule has 7 heteroatoms. The summed E-state index contributed by atoms with van der Waals surface area (Å²) in [6, 6.07) is 6.15. The lowest BCUT2D eigenvalue weighted by atomic mass is 10.2. The lowest BCUT2D eigenvalue weighted by Gasteiger charge is -2.12. The van der Waals surface area contributed by atoms with E-state index in [4.69, 9.17) is 4.74 Å². The quantitative estimate of drug-likeness (QED) is 0.444. The standard InChI is InChI=1S/C16H16FIN2O3/c1-4-23-16(22)11-8-14(9(2)21)20(3)15(11)19-13-6-5-10(18)7-12(13)17/h5-8,19H,4H2,1-3H3. The zero-order valence-electron chi connectivity index (χ0n) is 12.9. The van der Waals surface area contributed by atoms with E-state index in [1.54, 1.807) is 26.1 Å². The van der Waals surface area contributed by atoms with Gasteiger partial charge in [-0.2, -0.15) is 0 Å². The van der Waals surface area contributed by atoms with Gasteiger partial charge >= 0.3 is 5.97 Å². The highest BCUT2D eigenvalue weighted by molar-refractivity contribution is 14.1. The molecule has 0 aliphatic rings. The molecule has 0 spiro atoms. The van der Waals surface area contributed by atoms with Gasteiger partial charge in [-0.25, -0.2) is 9.18 Å². The Labute approximate surface area is 147 Å². The molecule has 0 fully saturated rings. The summed E-state index contributed by atoms with van der Waals surface area (Å²) in [6.45, 7) is 3.30. The molecule has 2 aromatic rings. The van der Waals surface area contributed by atoms with Crippen molar-refractivity contribution in [1.29, 1.82) is 0 Å². The minimum absolute atomic E-state index is 0.192. The Bertz CT molecular complexity index is 771. The number of carbonyl (C=O) groups is 2. The van der Waals surface area contributed by atoms with Crippen LogP contribution in [0.1, 0.15) is 34.7 Å². The number of aromatic nitrogens is 1. The van der Waals surface area contributed by atoms with Crippen LogP contribution in [0, 0.1) is 9.39 Å². The fourth-order valence-corrected chi connectivity index (χ4v) is 2.63. The van der Waals surface area contributed by atoms with Crippen molar-refractivity contribution in [3.8, 4) is 0 Å². The van der Waals surface area contributed by atoms with Crippen LogP contribution in [0.3, 0.4) is 0 Å². The van der Waals surface area contributed by atoms with Gasteiger partial charge in [0.1, 0.15) is 17.2 Å². The molecule has 0 bridgehead atoms. The largest absolute Gasteiger partial charge is 0.462 e. The van der Waals surface area contributed by atoms with E-state index >= 15 is 0 Å². The smallest absolute Gasteiger partial charge is 0.341 e. The van der Waals surface area contributed by atoms with Crippen molar-refractivity contribution in [2.45, 2.75) is 13.8 Å². The highest BCUT2D eigenvalue weighted by Crippen LogP contribution is 2.27. The first-order chi connectivity index (χ1) is 10.8. The molecule has 0 aliphatic heterocycles. The summed E-state index contributed by atoms with van der Waals surface area (Å²) >= 11 is 2.01. The molecule has 0 saturated carbocycles. The number of halogens is 2. The molecule has 0 unspecified atom stereocenters. The van der Waals surface area contributed by atoms with E-state index in [9.17, 15) is 14.0 Å². The summed E-state index contributed by atoms with van der Waals surface area (Å²) < 4.78 is 21.3. The molecule has 0 aliphatic carbocycles. The number of hydrogen-bond donors (Lipinski definition) is 1. The summed E-state index contributed by atoms with van der Waals surface area (Å²) in [5.74, 6) is -0.899. The van der Waals surface area contributed by atoms with Crippen LogP contribution in [0.25, 0.3) is 0 Å². The Morgan fingerprint density at radius 2 is 2.04 bits per heavy atom. The number of ketones is 1. The molecule has 2 rings (SSSR count). The van der Waals surface area contributed by atoms with E-state index in [-0.39, 0.29) is 23.6 Å². The third-order valence-corrected chi connectivity index (χ3v) is 3.94. The Balaban J connectivity index is 2.50. The van der Waals surface area contributed by atoms with Gasteiger partial charge in [0, 0.05) is 17.5 Å². The predicted molar refractivity (Wildman–Crippen MR) is 93.8 cm³/mol. The number of nitrogens with one attached hydrogen (secondary N) is 1. The SMILES string of the molecule is CCOC(=O)c1cc(C(C)=O)n(C)c1Nc1ccc(I)cc1F. The van der Waals surface area contributed by atoms with E-state index in [1.165, 1.54) is 23.6 Å². The minimum atomic E-state index is -0.566. The number of nitrogens with zero attached hydrogens (tertiary/aromatic N) is 1. The first kappa shape index (κ1) is 17.5. The van der Waals surface area contributed by atoms with Gasteiger partial charge in [0.05, 0.1) is 18.0 Å². The molecule has 0 atom stereocenters. The Morgan fingerprint density at radius 1 is 1.35 bits per heavy atom. The lowest BCUT2D eigenvalue weighted by molar-refractivity contribution is 0.0527. The van der Waals surface area contributed by atoms with E-state index < -0.39 is 11.8 Å². The Hall–Kier alpha value is -1.90. The number of ether oxygens (including phenoxy) is 1. The molecule has 0 saturated heterocycles. The van der Waals surface area contributed by atoms with Crippen LogP contribution < -0.4 is 5.32 Å². The third-order valence-electron chi connectivity index (χ3n) is 3.27. The molecule has 0 amide bonds. The molecule has 0 radical (unpaired) electrons. The zero-order chi connectivity index (χ0) is 17.1. The molecule has 1 aromatic heterocycles. The Morgan fingerprint density at radius 3 is 2.61 bits per heavy atom. The zero-order valence-corrected chi connectivity index (χ0v) is 15.1. The normalized spacial score (nSPS) is 10.5. The molecular weight excluding hydrogens is 414 g/mol. The van der Waals surface area contributed by atoms with Gasteiger partial charge in [-0.05, 0) is 53.8 Å². The third kappa shape index (κ3) is 3.72. The first-order valence-corrected chi connectivity index (χ1v) is 8.02. The Kier molecular flexibility index (Phi) is 5.40. The summed E-state index contributed by atoms with van der Waals surface area (Å²) in [5.41, 5.74) is 0.742. The van der Waals surface area contributed by atoms with E-state index in [0.29, 0.717) is 11.5 Å². The summed E-state index contributed by atoms with van der Waals surface area (Å²) in [5, 5.41) is 2.88. The molecule has 5 nitrogen and oxygen atoms in total. The molecule has 1 heterocycles. The molecule has 122 valence electrons. The van der Waals surface area contributed by atoms with Gasteiger partial charge in [0.15, 0.2) is 5.78 Å². The van der Waals surface area contributed by atoms with Crippen LogP contribution in [0.2, 0.25) is 0 Å². The maximum atomic E-state index is 14.1. The van der Waals surface area contributed by atoms with Crippen molar-refractivity contribution in [2.24, 2.45) is 7.05 Å². The van der Waals surface area contributed by atoms with Crippen LogP contribution in [-0.2, 0) is 11.8 Å². The molecule has 23 heavy (non-hydrogen) atoms. The van der Waals surface area contributed by atoms with Crippen molar-refractivity contribution in [3.05, 3.63) is 44.9 Å². The molecule has 1 aromatic carbocycles. The van der Waals surface area contributed by atoms with Gasteiger partial charge in [0.25, 0.3) is 0 Å². The number of Topliss-reactive ketones (excluding diaryl/α,β-unsaturated/α-hetero) is 1. The van der Waals surface area contributed by atoms with Gasteiger partial charge < -0.3 is 14.6 Å². The number of benzene rings is 1. The number of rotatable bonds is 5. The van der Waals surface area contributed by atoms with E-state index in [0.717, 1.165) is 3.57 Å². The van der Waals surface area contributed by atoms with Gasteiger partial charge in [-0.3, -0.25) is 4.79 Å². The fourth-order valence-electron chi connectivity index (χ4n) is 2.17. The average Bonchev–Trinajstić information content (AvgIpc) is 2.80. The number of anilines is 2. The van der Waals surface area contributed by atoms with Crippen molar-refractivity contribution in [1.82, 2.24) is 4.57 Å². The van der Waals surface area contributed by atoms with Crippen molar-refractivity contribution >= 4 is 45.8 Å². The summed E-state index contributed by atoms with van der Waals surface area (Å²) in [4.78, 5) is 23.8. The fraction of sp³-hybridized carbons (Fsp3) is 0.250. The summed E-state index contributed by atoms with van der Waals surface area (Å²) in [7, 11) is 1.63. The molecular formula is C16H16FIN2O3. The number of carbonyl (C=O) groups excluding carboxylic acids is 2. The van der Waals surface area contributed by atoms with Crippen LogP contribution in [0.5, 0.6) is 0 Å². The second-order valence-corrected chi connectivity index (χ2v) is 6.12. The van der Waals surface area contributed by atoms with Crippen LogP contribution in [-0.4, -0.2) is 22.9 Å². The van der Waals surface area contributed by atoms with Crippen LogP contribution in [0.4, 0.5) is 15.9 Å². The van der Waals surface area contributed by atoms with E-state index in [2.05, 4.69) is 5.32 Å². The highest BCUT2D eigenvalue weighted by atomic mass is 127. The predicted octanol–water partition coefficient (Wildman–Crippen LogP) is 3.89. The van der Waals surface area contributed by atoms with Crippen molar-refractivity contribution in [3.63, 3.8) is 0 Å². The number of esters is 1. The van der Waals surface area contributed by atoms with Crippen molar-refractivity contribution in [2.75, 3.05) is 11.9 Å². The van der Waals surface area contributed by atoms with Gasteiger partial charge in [-0.15, -0.1) is 0 Å². The minimum Gasteiger partial charge on any atom is -0.462 e. The average molecular weight is 430 g/mol.